The van der Waals surface area contributed by atoms with Crippen molar-refractivity contribution in [3.05, 3.63) is 43.0 Å². The molecule has 6 heteroatoms. The molecule has 6 nitrogen and oxygen atoms in total. The van der Waals surface area contributed by atoms with Gasteiger partial charge in [0.2, 0.25) is 6.10 Å². The summed E-state index contributed by atoms with van der Waals surface area (Å²) in [6.45, 7) is 3.33. The Kier molecular flexibility index (Phi) is 3.88. The quantitative estimate of drug-likeness (QED) is 0.849. The number of rotatable bonds is 2. The minimum Gasteiger partial charge on any atom is -0.482 e. The maximum absolute atomic E-state index is 13.0. The number of hydrogen-bond donors (Lipinski definition) is 0. The number of ether oxygens (including phenoxy) is 2. The van der Waals surface area contributed by atoms with Crippen molar-refractivity contribution in [2.75, 3.05) is 13.1 Å². The molecule has 2 aliphatic heterocycles. The highest BCUT2D eigenvalue weighted by Crippen LogP contribution is 2.34. The monoisotopic (exact) mass is 327 g/mol. The first kappa shape index (κ1) is 15.1. The molecule has 2 aromatic rings. The topological polar surface area (TPSA) is 56.6 Å². The van der Waals surface area contributed by atoms with E-state index in [0.29, 0.717) is 18.0 Å². The summed E-state index contributed by atoms with van der Waals surface area (Å²) >= 11 is 0. The second-order valence-electron chi connectivity index (χ2n) is 6.40. The molecule has 3 atom stereocenters. The van der Waals surface area contributed by atoms with Crippen molar-refractivity contribution in [1.82, 2.24) is 14.5 Å². The number of fused-ring (bicyclic) bond motifs is 1. The smallest absolute Gasteiger partial charge is 0.267 e. The Labute approximate surface area is 141 Å². The van der Waals surface area contributed by atoms with Crippen LogP contribution in [0.3, 0.4) is 0 Å². The van der Waals surface area contributed by atoms with Crippen LogP contribution in [0.2, 0.25) is 0 Å². The van der Waals surface area contributed by atoms with Crippen molar-refractivity contribution in [2.45, 2.75) is 38.0 Å². The summed E-state index contributed by atoms with van der Waals surface area (Å²) in [7, 11) is 0. The Morgan fingerprint density at radius 2 is 2.04 bits per heavy atom. The zero-order valence-electron chi connectivity index (χ0n) is 13.7. The lowest BCUT2D eigenvalue weighted by Crippen LogP contribution is -2.53. The SMILES string of the molecule is C[C@@H]1Oc2ccccc2O[C@H]1C(=O)N1CCC[C@@H](n2ccnc2)C1. The maximum Gasteiger partial charge on any atom is 0.267 e. The number of nitrogens with zero attached hydrogens (tertiary/aromatic N) is 3. The lowest BCUT2D eigenvalue weighted by Gasteiger charge is -2.38. The van der Waals surface area contributed by atoms with Gasteiger partial charge in [-0.2, -0.15) is 0 Å². The molecule has 1 aromatic heterocycles. The van der Waals surface area contributed by atoms with Gasteiger partial charge < -0.3 is 18.9 Å². The summed E-state index contributed by atoms with van der Waals surface area (Å²) in [5.74, 6) is 1.34. The van der Waals surface area contributed by atoms with Gasteiger partial charge in [0.25, 0.3) is 5.91 Å². The number of carbonyl (C=O) groups is 1. The van der Waals surface area contributed by atoms with Crippen molar-refractivity contribution < 1.29 is 14.3 Å². The van der Waals surface area contributed by atoms with E-state index in [4.69, 9.17) is 9.47 Å². The zero-order chi connectivity index (χ0) is 16.5. The van der Waals surface area contributed by atoms with E-state index in [2.05, 4.69) is 9.55 Å². The van der Waals surface area contributed by atoms with Crippen LogP contribution in [0.1, 0.15) is 25.8 Å². The van der Waals surface area contributed by atoms with E-state index in [1.54, 1.807) is 6.20 Å². The van der Waals surface area contributed by atoms with Gasteiger partial charge in [-0.1, -0.05) is 12.1 Å². The van der Waals surface area contributed by atoms with Gasteiger partial charge in [-0.05, 0) is 31.9 Å². The standard InChI is InChI=1S/C18H21N3O3/c1-13-17(24-16-7-3-2-6-15(16)23-13)18(22)20-9-4-5-14(11-20)21-10-8-19-12-21/h2-3,6-8,10,12-14,17H,4-5,9,11H2,1H3/t13-,14+,17+/m0/s1. The van der Waals surface area contributed by atoms with Crippen molar-refractivity contribution in [3.8, 4) is 11.5 Å². The molecule has 2 aliphatic rings. The van der Waals surface area contributed by atoms with Crippen LogP contribution < -0.4 is 9.47 Å². The third kappa shape index (κ3) is 2.72. The Bertz CT molecular complexity index is 716. The van der Waals surface area contributed by atoms with Gasteiger partial charge in [0.05, 0.1) is 12.4 Å². The Balaban J connectivity index is 1.49. The van der Waals surface area contributed by atoms with Gasteiger partial charge >= 0.3 is 0 Å². The van der Waals surface area contributed by atoms with Crippen LogP contribution in [0, 0.1) is 0 Å². The van der Waals surface area contributed by atoms with Gasteiger partial charge in [-0.25, -0.2) is 4.98 Å². The largest absolute Gasteiger partial charge is 0.482 e. The van der Waals surface area contributed by atoms with E-state index < -0.39 is 6.10 Å². The van der Waals surface area contributed by atoms with Gasteiger partial charge in [0.1, 0.15) is 6.10 Å². The van der Waals surface area contributed by atoms with Gasteiger partial charge in [0.15, 0.2) is 11.5 Å². The minimum atomic E-state index is -0.596. The van der Waals surface area contributed by atoms with Crippen molar-refractivity contribution in [2.24, 2.45) is 0 Å². The van der Waals surface area contributed by atoms with Crippen LogP contribution in [0.5, 0.6) is 11.5 Å². The summed E-state index contributed by atoms with van der Waals surface area (Å²) in [6, 6.07) is 7.76. The predicted octanol–water partition coefficient (Wildman–Crippen LogP) is 2.28. The van der Waals surface area contributed by atoms with E-state index in [1.807, 2.05) is 48.6 Å². The highest BCUT2D eigenvalue weighted by Gasteiger charge is 2.38. The number of amides is 1. The molecule has 0 unspecified atom stereocenters. The number of aromatic nitrogens is 2. The van der Waals surface area contributed by atoms with Gasteiger partial charge in [0, 0.05) is 25.5 Å². The van der Waals surface area contributed by atoms with E-state index in [9.17, 15) is 4.79 Å². The molecular formula is C18H21N3O3. The van der Waals surface area contributed by atoms with Crippen LogP contribution in [0.25, 0.3) is 0 Å². The molecule has 1 amide bonds. The summed E-state index contributed by atoms with van der Waals surface area (Å²) < 4.78 is 13.9. The lowest BCUT2D eigenvalue weighted by atomic mass is 10.0. The first-order valence-electron chi connectivity index (χ1n) is 8.41. The molecule has 0 spiro atoms. The molecular weight excluding hydrogens is 306 g/mol. The second kappa shape index (κ2) is 6.19. The summed E-state index contributed by atoms with van der Waals surface area (Å²) in [5.41, 5.74) is 0. The molecule has 1 fully saturated rings. The molecule has 0 bridgehead atoms. The van der Waals surface area contributed by atoms with E-state index in [1.165, 1.54) is 0 Å². The molecule has 0 N–H and O–H groups in total. The van der Waals surface area contributed by atoms with Crippen LogP contribution in [-0.2, 0) is 4.79 Å². The molecule has 0 saturated carbocycles. The number of piperidine rings is 1. The number of benzene rings is 1. The van der Waals surface area contributed by atoms with Crippen molar-refractivity contribution in [3.63, 3.8) is 0 Å². The first-order chi connectivity index (χ1) is 11.7. The molecule has 126 valence electrons. The average molecular weight is 327 g/mol. The molecule has 24 heavy (non-hydrogen) atoms. The number of hydrogen-bond acceptors (Lipinski definition) is 4. The summed E-state index contributed by atoms with van der Waals surface area (Å²) in [5, 5.41) is 0. The Morgan fingerprint density at radius 1 is 1.25 bits per heavy atom. The molecule has 0 radical (unpaired) electrons. The number of carbonyl (C=O) groups excluding carboxylic acids is 1. The molecule has 1 saturated heterocycles. The highest BCUT2D eigenvalue weighted by molar-refractivity contribution is 5.82. The van der Waals surface area contributed by atoms with Crippen LogP contribution in [-0.4, -0.2) is 45.7 Å². The lowest BCUT2D eigenvalue weighted by molar-refractivity contribution is -0.146. The fraction of sp³-hybridized carbons (Fsp3) is 0.444. The predicted molar refractivity (Wildman–Crippen MR) is 88.0 cm³/mol. The van der Waals surface area contributed by atoms with Crippen LogP contribution in [0.15, 0.2) is 43.0 Å². The molecule has 1 aromatic carbocycles. The second-order valence-corrected chi connectivity index (χ2v) is 6.40. The normalized spacial score (nSPS) is 26.2. The molecule has 3 heterocycles. The maximum atomic E-state index is 13.0. The summed E-state index contributed by atoms with van der Waals surface area (Å²) in [4.78, 5) is 19.0. The third-order valence-electron chi connectivity index (χ3n) is 4.74. The Morgan fingerprint density at radius 3 is 2.79 bits per heavy atom. The van der Waals surface area contributed by atoms with Crippen LogP contribution in [0.4, 0.5) is 0 Å². The first-order valence-corrected chi connectivity index (χ1v) is 8.41. The van der Waals surface area contributed by atoms with E-state index >= 15 is 0 Å². The minimum absolute atomic E-state index is 0.00168. The van der Waals surface area contributed by atoms with Crippen molar-refractivity contribution in [1.29, 1.82) is 0 Å². The fourth-order valence-corrected chi connectivity index (χ4v) is 3.45. The number of likely N-dealkylation sites (tertiary alicyclic amines) is 1. The molecule has 4 rings (SSSR count). The summed E-state index contributed by atoms with van der Waals surface area (Å²) in [6.07, 6.45) is 6.68. The van der Waals surface area contributed by atoms with Crippen molar-refractivity contribution >= 4 is 5.91 Å². The van der Waals surface area contributed by atoms with E-state index in [0.717, 1.165) is 19.4 Å². The van der Waals surface area contributed by atoms with Crippen LogP contribution >= 0.6 is 0 Å². The molecule has 0 aliphatic carbocycles. The number of imidazole rings is 1. The highest BCUT2D eigenvalue weighted by atomic mass is 16.6. The van der Waals surface area contributed by atoms with Gasteiger partial charge in [-0.15, -0.1) is 0 Å². The average Bonchev–Trinajstić information content (AvgIpc) is 3.15. The Hall–Kier alpha value is -2.50. The fourth-order valence-electron chi connectivity index (χ4n) is 3.45. The third-order valence-corrected chi connectivity index (χ3v) is 4.74. The zero-order valence-corrected chi connectivity index (χ0v) is 13.7. The van der Waals surface area contributed by atoms with E-state index in [-0.39, 0.29) is 18.1 Å². The number of para-hydroxylation sites is 2. The van der Waals surface area contributed by atoms with Gasteiger partial charge in [-0.3, -0.25) is 4.79 Å².